The first-order valence-electron chi connectivity index (χ1n) is 5.65. The molecule has 3 nitrogen and oxygen atoms in total. The van der Waals surface area contributed by atoms with Crippen molar-refractivity contribution in [1.82, 2.24) is 9.88 Å². The van der Waals surface area contributed by atoms with E-state index >= 15 is 0 Å². The number of hydrogen-bond acceptors (Lipinski definition) is 2. The molecule has 84 valence electrons. The minimum atomic E-state index is -0.245. The summed E-state index contributed by atoms with van der Waals surface area (Å²) in [5.41, 5.74) is 3.76. The van der Waals surface area contributed by atoms with Gasteiger partial charge < -0.3 is 15.0 Å². The monoisotopic (exact) mass is 208 g/mol. The van der Waals surface area contributed by atoms with Crippen LogP contribution in [-0.4, -0.2) is 22.3 Å². The molecule has 1 aliphatic rings. The fourth-order valence-corrected chi connectivity index (χ4v) is 2.54. The van der Waals surface area contributed by atoms with Crippen molar-refractivity contribution in [1.29, 1.82) is 0 Å². The Balaban J connectivity index is 2.35. The number of piperidine rings is 1. The number of nitrogens with zero attached hydrogens (tertiary/aromatic N) is 1. The maximum absolute atomic E-state index is 10.0. The summed E-state index contributed by atoms with van der Waals surface area (Å²) in [6.07, 6.45) is 1.73. The minimum absolute atomic E-state index is 0.109. The molecule has 1 aliphatic heterocycles. The molecular weight excluding hydrogens is 188 g/mol. The average molecular weight is 208 g/mol. The highest BCUT2D eigenvalue weighted by Crippen LogP contribution is 2.27. The first-order valence-corrected chi connectivity index (χ1v) is 5.65. The van der Waals surface area contributed by atoms with Crippen LogP contribution in [0.3, 0.4) is 0 Å². The van der Waals surface area contributed by atoms with E-state index in [4.69, 9.17) is 0 Å². The molecule has 0 aromatic carbocycles. The molecule has 1 fully saturated rings. The zero-order chi connectivity index (χ0) is 11.0. The fraction of sp³-hybridized carbons (Fsp3) is 0.667. The Labute approximate surface area is 91.1 Å². The van der Waals surface area contributed by atoms with E-state index < -0.39 is 0 Å². The predicted molar refractivity (Wildman–Crippen MR) is 60.9 cm³/mol. The molecule has 0 saturated carbocycles. The van der Waals surface area contributed by atoms with Crippen molar-refractivity contribution in [3.63, 3.8) is 0 Å². The smallest absolute Gasteiger partial charge is 0.0750 e. The van der Waals surface area contributed by atoms with Gasteiger partial charge in [-0.05, 0) is 44.9 Å². The molecule has 0 amide bonds. The van der Waals surface area contributed by atoms with Crippen molar-refractivity contribution >= 4 is 0 Å². The summed E-state index contributed by atoms with van der Waals surface area (Å²) in [5.74, 6) is 0. The lowest BCUT2D eigenvalue weighted by Gasteiger charge is -2.30. The molecule has 1 aromatic rings. The molecule has 2 heterocycles. The fourth-order valence-electron chi connectivity index (χ4n) is 2.54. The van der Waals surface area contributed by atoms with E-state index in [1.807, 2.05) is 0 Å². The summed E-state index contributed by atoms with van der Waals surface area (Å²) in [5, 5.41) is 13.4. The highest BCUT2D eigenvalue weighted by molar-refractivity contribution is 5.29. The Morgan fingerprint density at radius 3 is 2.73 bits per heavy atom. The van der Waals surface area contributed by atoms with Gasteiger partial charge in [-0.3, -0.25) is 0 Å². The highest BCUT2D eigenvalue weighted by atomic mass is 16.3. The SMILES string of the molecule is Cc1cc(C)n(C)c1C1NCCCC1O. The number of nitrogens with one attached hydrogen (secondary N) is 1. The Morgan fingerprint density at radius 2 is 2.20 bits per heavy atom. The van der Waals surface area contributed by atoms with Crippen molar-refractivity contribution in [3.8, 4) is 0 Å². The molecular formula is C12H20N2O. The second-order valence-corrected chi connectivity index (χ2v) is 4.55. The second kappa shape index (κ2) is 3.99. The van der Waals surface area contributed by atoms with E-state index in [-0.39, 0.29) is 12.1 Å². The van der Waals surface area contributed by atoms with Crippen LogP contribution in [0.25, 0.3) is 0 Å². The minimum Gasteiger partial charge on any atom is -0.391 e. The van der Waals surface area contributed by atoms with Gasteiger partial charge in [0.2, 0.25) is 0 Å². The zero-order valence-corrected chi connectivity index (χ0v) is 9.75. The number of rotatable bonds is 1. The third kappa shape index (κ3) is 1.82. The quantitative estimate of drug-likeness (QED) is 0.732. The summed E-state index contributed by atoms with van der Waals surface area (Å²) in [6, 6.07) is 2.29. The van der Waals surface area contributed by atoms with Gasteiger partial charge in [-0.1, -0.05) is 0 Å². The molecule has 0 bridgehead atoms. The van der Waals surface area contributed by atoms with E-state index in [1.54, 1.807) is 0 Å². The topological polar surface area (TPSA) is 37.2 Å². The van der Waals surface area contributed by atoms with E-state index in [9.17, 15) is 5.11 Å². The van der Waals surface area contributed by atoms with Gasteiger partial charge in [0.05, 0.1) is 12.1 Å². The van der Waals surface area contributed by atoms with Crippen molar-refractivity contribution in [2.45, 2.75) is 38.8 Å². The van der Waals surface area contributed by atoms with Crippen LogP contribution in [0.15, 0.2) is 6.07 Å². The number of aryl methyl sites for hydroxylation is 2. The Morgan fingerprint density at radius 1 is 1.47 bits per heavy atom. The molecule has 2 rings (SSSR count). The second-order valence-electron chi connectivity index (χ2n) is 4.55. The first-order chi connectivity index (χ1) is 7.11. The summed E-state index contributed by atoms with van der Waals surface area (Å²) in [4.78, 5) is 0. The molecule has 3 heteroatoms. The molecule has 1 saturated heterocycles. The molecule has 1 aromatic heterocycles. The van der Waals surface area contributed by atoms with Crippen molar-refractivity contribution < 1.29 is 5.11 Å². The summed E-state index contributed by atoms with van der Waals surface area (Å²) in [7, 11) is 2.07. The molecule has 0 radical (unpaired) electrons. The van der Waals surface area contributed by atoms with Gasteiger partial charge in [0.1, 0.15) is 0 Å². The number of aromatic nitrogens is 1. The highest BCUT2D eigenvalue weighted by Gasteiger charge is 2.27. The van der Waals surface area contributed by atoms with Gasteiger partial charge in [0.25, 0.3) is 0 Å². The lowest BCUT2D eigenvalue weighted by molar-refractivity contribution is 0.0931. The lowest BCUT2D eigenvalue weighted by Crippen LogP contribution is -2.39. The summed E-state index contributed by atoms with van der Waals surface area (Å²) >= 11 is 0. The maximum atomic E-state index is 10.0. The molecule has 2 atom stereocenters. The van der Waals surface area contributed by atoms with Gasteiger partial charge in [0.15, 0.2) is 0 Å². The van der Waals surface area contributed by atoms with Crippen LogP contribution in [0.1, 0.15) is 35.8 Å². The van der Waals surface area contributed by atoms with Crippen LogP contribution in [0.5, 0.6) is 0 Å². The third-order valence-electron chi connectivity index (χ3n) is 3.44. The number of aliphatic hydroxyl groups is 1. The van der Waals surface area contributed by atoms with E-state index in [0.29, 0.717) is 0 Å². The van der Waals surface area contributed by atoms with Crippen LogP contribution in [-0.2, 0) is 7.05 Å². The molecule has 2 N–H and O–H groups in total. The van der Waals surface area contributed by atoms with Gasteiger partial charge in [-0.25, -0.2) is 0 Å². The first kappa shape index (κ1) is 10.7. The van der Waals surface area contributed by atoms with Crippen LogP contribution >= 0.6 is 0 Å². The number of hydrogen-bond donors (Lipinski definition) is 2. The Hall–Kier alpha value is -0.800. The Kier molecular flexibility index (Phi) is 2.85. The normalized spacial score (nSPS) is 26.9. The molecule has 0 aliphatic carbocycles. The van der Waals surface area contributed by atoms with Crippen molar-refractivity contribution in [2.75, 3.05) is 6.54 Å². The predicted octanol–water partition coefficient (Wildman–Crippen LogP) is 1.43. The van der Waals surface area contributed by atoms with Gasteiger partial charge in [-0.15, -0.1) is 0 Å². The largest absolute Gasteiger partial charge is 0.391 e. The third-order valence-corrected chi connectivity index (χ3v) is 3.44. The van der Waals surface area contributed by atoms with E-state index in [2.05, 4.69) is 36.8 Å². The summed E-state index contributed by atoms with van der Waals surface area (Å²) < 4.78 is 2.18. The van der Waals surface area contributed by atoms with Crippen LogP contribution in [0, 0.1) is 13.8 Å². The van der Waals surface area contributed by atoms with Gasteiger partial charge >= 0.3 is 0 Å². The molecule has 0 spiro atoms. The van der Waals surface area contributed by atoms with E-state index in [0.717, 1.165) is 19.4 Å². The van der Waals surface area contributed by atoms with Crippen molar-refractivity contribution in [3.05, 3.63) is 23.0 Å². The number of aliphatic hydroxyl groups excluding tert-OH is 1. The lowest BCUT2D eigenvalue weighted by atomic mass is 9.97. The zero-order valence-electron chi connectivity index (χ0n) is 9.75. The molecule has 2 unspecified atom stereocenters. The molecule has 15 heavy (non-hydrogen) atoms. The maximum Gasteiger partial charge on any atom is 0.0750 e. The van der Waals surface area contributed by atoms with Crippen LogP contribution in [0.2, 0.25) is 0 Å². The van der Waals surface area contributed by atoms with Gasteiger partial charge in [-0.2, -0.15) is 0 Å². The standard InChI is InChI=1S/C12H20N2O/c1-8-7-9(2)14(3)12(8)11-10(15)5-4-6-13-11/h7,10-11,13,15H,4-6H2,1-3H3. The van der Waals surface area contributed by atoms with E-state index in [1.165, 1.54) is 17.0 Å². The Bertz CT molecular complexity index is 357. The van der Waals surface area contributed by atoms with Crippen LogP contribution in [0.4, 0.5) is 0 Å². The van der Waals surface area contributed by atoms with Gasteiger partial charge in [0, 0.05) is 18.4 Å². The average Bonchev–Trinajstić information content (AvgIpc) is 2.43. The van der Waals surface area contributed by atoms with Crippen molar-refractivity contribution in [2.24, 2.45) is 7.05 Å². The summed E-state index contributed by atoms with van der Waals surface area (Å²) in [6.45, 7) is 5.22. The van der Waals surface area contributed by atoms with Crippen LogP contribution < -0.4 is 5.32 Å².